The molecular formula is C19H28FN5O. The lowest BCUT2D eigenvalue weighted by Gasteiger charge is -2.36. The first-order chi connectivity index (χ1) is 12.6. The smallest absolute Gasteiger partial charge is 0.224 e. The van der Waals surface area contributed by atoms with Crippen molar-refractivity contribution in [1.82, 2.24) is 9.80 Å². The number of nitrogens with two attached hydrogens (primary N) is 1. The summed E-state index contributed by atoms with van der Waals surface area (Å²) in [6, 6.07) is 6.50. The van der Waals surface area contributed by atoms with Crippen molar-refractivity contribution in [2.24, 2.45) is 10.7 Å². The van der Waals surface area contributed by atoms with Gasteiger partial charge in [-0.15, -0.1) is 0 Å². The van der Waals surface area contributed by atoms with E-state index >= 15 is 0 Å². The summed E-state index contributed by atoms with van der Waals surface area (Å²) >= 11 is 0. The van der Waals surface area contributed by atoms with Gasteiger partial charge < -0.3 is 20.4 Å². The summed E-state index contributed by atoms with van der Waals surface area (Å²) in [7, 11) is 0. The van der Waals surface area contributed by atoms with Gasteiger partial charge in [-0.05, 0) is 43.5 Å². The first-order valence-corrected chi connectivity index (χ1v) is 9.46. The Morgan fingerprint density at radius 2 is 1.62 bits per heavy atom. The molecule has 1 aromatic carbocycles. The molecule has 0 spiro atoms. The molecule has 2 fully saturated rings. The van der Waals surface area contributed by atoms with Crippen molar-refractivity contribution >= 4 is 17.6 Å². The monoisotopic (exact) mass is 361 g/mol. The first kappa shape index (κ1) is 18.5. The first-order valence-electron chi connectivity index (χ1n) is 9.46. The third-order valence-corrected chi connectivity index (χ3v) is 5.10. The maximum Gasteiger partial charge on any atom is 0.224 e. The van der Waals surface area contributed by atoms with Gasteiger partial charge in [0.1, 0.15) is 5.82 Å². The summed E-state index contributed by atoms with van der Waals surface area (Å²) in [5.41, 5.74) is 7.02. The van der Waals surface area contributed by atoms with Gasteiger partial charge in [0.25, 0.3) is 0 Å². The van der Waals surface area contributed by atoms with E-state index in [2.05, 4.69) is 14.8 Å². The normalized spacial score (nSPS) is 19.0. The third-order valence-electron chi connectivity index (χ3n) is 5.10. The van der Waals surface area contributed by atoms with E-state index in [1.807, 2.05) is 4.90 Å². The predicted molar refractivity (Wildman–Crippen MR) is 102 cm³/mol. The zero-order chi connectivity index (χ0) is 18.4. The number of benzene rings is 1. The number of hydrogen-bond acceptors (Lipinski definition) is 3. The molecule has 2 saturated heterocycles. The number of hydrogen-bond donors (Lipinski definition) is 1. The lowest BCUT2D eigenvalue weighted by atomic mass is 10.1. The Balaban J connectivity index is 1.41. The van der Waals surface area contributed by atoms with E-state index in [1.165, 1.54) is 18.6 Å². The number of guanidine groups is 1. The van der Waals surface area contributed by atoms with Crippen LogP contribution in [0.3, 0.4) is 0 Å². The molecule has 0 atom stereocenters. The standard InChI is InChI=1S/C19H28FN5O/c20-16-4-6-17(7-5-16)23-12-14-24(15-13-23)18(26)8-9-22-19(21)25-10-2-1-3-11-25/h4-7H,1-3,8-15H2,(H2,21,22). The molecule has 142 valence electrons. The molecule has 6 nitrogen and oxygen atoms in total. The van der Waals surface area contributed by atoms with E-state index in [4.69, 9.17) is 5.73 Å². The van der Waals surface area contributed by atoms with Crippen LogP contribution >= 0.6 is 0 Å². The highest BCUT2D eigenvalue weighted by atomic mass is 19.1. The number of rotatable bonds is 4. The Morgan fingerprint density at radius 3 is 2.27 bits per heavy atom. The molecule has 0 saturated carbocycles. The van der Waals surface area contributed by atoms with Crippen molar-refractivity contribution in [2.75, 3.05) is 50.7 Å². The van der Waals surface area contributed by atoms with Gasteiger partial charge >= 0.3 is 0 Å². The summed E-state index contributed by atoms with van der Waals surface area (Å²) in [5.74, 6) is 0.463. The highest BCUT2D eigenvalue weighted by Crippen LogP contribution is 2.17. The van der Waals surface area contributed by atoms with Crippen molar-refractivity contribution in [1.29, 1.82) is 0 Å². The number of carbonyl (C=O) groups excluding carboxylic acids is 1. The molecule has 0 unspecified atom stereocenters. The van der Waals surface area contributed by atoms with E-state index in [9.17, 15) is 9.18 Å². The Labute approximate surface area is 154 Å². The number of carbonyl (C=O) groups is 1. The number of nitrogens with zero attached hydrogens (tertiary/aromatic N) is 4. The fraction of sp³-hybridized carbons (Fsp3) is 0.579. The van der Waals surface area contributed by atoms with Crippen molar-refractivity contribution < 1.29 is 9.18 Å². The minimum atomic E-state index is -0.230. The molecule has 2 heterocycles. The zero-order valence-corrected chi connectivity index (χ0v) is 15.2. The lowest BCUT2D eigenvalue weighted by molar-refractivity contribution is -0.131. The Kier molecular flexibility index (Phi) is 6.30. The van der Waals surface area contributed by atoms with E-state index in [0.717, 1.165) is 44.7 Å². The van der Waals surface area contributed by atoms with E-state index in [1.54, 1.807) is 12.1 Å². The van der Waals surface area contributed by atoms with Crippen molar-refractivity contribution in [3.63, 3.8) is 0 Å². The van der Waals surface area contributed by atoms with Gasteiger partial charge in [0.05, 0.1) is 6.54 Å². The third kappa shape index (κ3) is 4.86. The molecule has 2 aliphatic heterocycles. The van der Waals surface area contributed by atoms with Gasteiger partial charge in [-0.2, -0.15) is 0 Å². The molecular weight excluding hydrogens is 333 g/mol. The second-order valence-corrected chi connectivity index (χ2v) is 6.88. The van der Waals surface area contributed by atoms with Crippen molar-refractivity contribution in [2.45, 2.75) is 25.7 Å². The van der Waals surface area contributed by atoms with Crippen LogP contribution in [-0.4, -0.2) is 67.5 Å². The summed E-state index contributed by atoms with van der Waals surface area (Å²) in [5, 5.41) is 0. The van der Waals surface area contributed by atoms with Gasteiger partial charge in [0, 0.05) is 51.4 Å². The van der Waals surface area contributed by atoms with Crippen LogP contribution in [0.1, 0.15) is 25.7 Å². The number of piperidine rings is 1. The number of anilines is 1. The summed E-state index contributed by atoms with van der Waals surface area (Å²) in [4.78, 5) is 22.9. The fourth-order valence-electron chi connectivity index (χ4n) is 3.51. The van der Waals surface area contributed by atoms with Crippen LogP contribution in [0.2, 0.25) is 0 Å². The summed E-state index contributed by atoms with van der Waals surface area (Å²) in [6.45, 7) is 5.26. The van der Waals surface area contributed by atoms with Gasteiger partial charge in [0.2, 0.25) is 5.91 Å². The second kappa shape index (κ2) is 8.87. The van der Waals surface area contributed by atoms with Crippen LogP contribution in [0.25, 0.3) is 0 Å². The molecule has 0 radical (unpaired) electrons. The van der Waals surface area contributed by atoms with Crippen LogP contribution in [-0.2, 0) is 4.79 Å². The maximum atomic E-state index is 13.0. The van der Waals surface area contributed by atoms with Crippen molar-refractivity contribution in [3.05, 3.63) is 30.1 Å². The summed E-state index contributed by atoms with van der Waals surface area (Å²) in [6.07, 6.45) is 3.97. The number of aliphatic imine (C=N–C) groups is 1. The molecule has 26 heavy (non-hydrogen) atoms. The molecule has 1 amide bonds. The fourth-order valence-corrected chi connectivity index (χ4v) is 3.51. The second-order valence-electron chi connectivity index (χ2n) is 6.88. The van der Waals surface area contributed by atoms with Gasteiger partial charge in [-0.3, -0.25) is 9.79 Å². The topological polar surface area (TPSA) is 65.2 Å². The largest absolute Gasteiger partial charge is 0.370 e. The molecule has 1 aromatic rings. The Morgan fingerprint density at radius 1 is 0.962 bits per heavy atom. The molecule has 0 bridgehead atoms. The molecule has 3 rings (SSSR count). The lowest BCUT2D eigenvalue weighted by Crippen LogP contribution is -2.49. The van der Waals surface area contributed by atoms with E-state index in [-0.39, 0.29) is 11.7 Å². The van der Waals surface area contributed by atoms with Crippen LogP contribution in [0, 0.1) is 5.82 Å². The van der Waals surface area contributed by atoms with Gasteiger partial charge in [-0.25, -0.2) is 4.39 Å². The number of likely N-dealkylation sites (tertiary alicyclic amines) is 1. The minimum Gasteiger partial charge on any atom is -0.370 e. The van der Waals surface area contributed by atoms with Crippen molar-refractivity contribution in [3.8, 4) is 0 Å². The number of amides is 1. The van der Waals surface area contributed by atoms with Crippen LogP contribution in [0.4, 0.5) is 10.1 Å². The molecule has 7 heteroatoms. The number of piperazine rings is 1. The average molecular weight is 361 g/mol. The van der Waals surface area contributed by atoms with E-state index in [0.29, 0.717) is 32.0 Å². The van der Waals surface area contributed by atoms with Crippen LogP contribution < -0.4 is 10.6 Å². The van der Waals surface area contributed by atoms with Gasteiger partial charge in [0.15, 0.2) is 5.96 Å². The molecule has 2 aliphatic rings. The highest BCUT2D eigenvalue weighted by molar-refractivity contribution is 5.79. The highest BCUT2D eigenvalue weighted by Gasteiger charge is 2.21. The minimum absolute atomic E-state index is 0.124. The Bertz CT molecular complexity index is 619. The SMILES string of the molecule is NC(=NCCC(=O)N1CCN(c2ccc(F)cc2)CC1)N1CCCCC1. The molecule has 2 N–H and O–H groups in total. The van der Waals surface area contributed by atoms with E-state index < -0.39 is 0 Å². The summed E-state index contributed by atoms with van der Waals surface area (Å²) < 4.78 is 13.0. The maximum absolute atomic E-state index is 13.0. The van der Waals surface area contributed by atoms with Crippen LogP contribution in [0.5, 0.6) is 0 Å². The van der Waals surface area contributed by atoms with Gasteiger partial charge in [-0.1, -0.05) is 0 Å². The Hall–Kier alpha value is -2.31. The molecule has 0 aromatic heterocycles. The average Bonchev–Trinajstić information content (AvgIpc) is 2.69. The predicted octanol–water partition coefficient (Wildman–Crippen LogP) is 1.66. The molecule has 0 aliphatic carbocycles. The zero-order valence-electron chi connectivity index (χ0n) is 15.2. The quantitative estimate of drug-likeness (QED) is 0.654. The number of halogens is 1. The van der Waals surface area contributed by atoms with Crippen LogP contribution in [0.15, 0.2) is 29.3 Å².